The molecule has 1 heterocycles. The average molecular weight is 418 g/mol. The van der Waals surface area contributed by atoms with Crippen LogP contribution in [0.3, 0.4) is 0 Å². The van der Waals surface area contributed by atoms with Crippen molar-refractivity contribution < 1.29 is 13.2 Å². The average Bonchev–Trinajstić information content (AvgIpc) is 2.72. The number of urea groups is 1. The molecule has 2 amide bonds. The molecule has 1 saturated heterocycles. The molecule has 1 aliphatic rings. The van der Waals surface area contributed by atoms with Crippen molar-refractivity contribution in [2.45, 2.75) is 18.4 Å². The predicted molar refractivity (Wildman–Crippen MR) is 114 cm³/mol. The number of hydrogen-bond donors (Lipinski definition) is 3. The smallest absolute Gasteiger partial charge is 0.319 e. The first kappa shape index (κ1) is 21.1. The van der Waals surface area contributed by atoms with E-state index in [1.807, 2.05) is 24.3 Å². The molecule has 2 aromatic rings. The Balaban J connectivity index is 1.48. The molecular formula is C20H27N5O3S. The summed E-state index contributed by atoms with van der Waals surface area (Å²) in [5.41, 5.74) is 2.64. The highest BCUT2D eigenvalue weighted by Crippen LogP contribution is 2.19. The van der Waals surface area contributed by atoms with Gasteiger partial charge < -0.3 is 20.4 Å². The number of carbonyl (C=O) groups excluding carboxylic acids is 1. The Labute approximate surface area is 171 Å². The number of piperazine rings is 1. The summed E-state index contributed by atoms with van der Waals surface area (Å²) in [6.45, 7) is 7.68. The maximum Gasteiger partial charge on any atom is 0.319 e. The van der Waals surface area contributed by atoms with Crippen LogP contribution in [0.2, 0.25) is 0 Å². The van der Waals surface area contributed by atoms with Crippen LogP contribution in [0, 0.1) is 0 Å². The van der Waals surface area contributed by atoms with Crippen molar-refractivity contribution in [2.24, 2.45) is 5.14 Å². The van der Waals surface area contributed by atoms with Gasteiger partial charge in [0.2, 0.25) is 10.0 Å². The molecule has 1 aliphatic heterocycles. The molecule has 0 radical (unpaired) electrons. The molecule has 0 aromatic heterocycles. The van der Waals surface area contributed by atoms with Crippen LogP contribution in [-0.2, 0) is 16.6 Å². The molecule has 29 heavy (non-hydrogen) atoms. The lowest BCUT2D eigenvalue weighted by atomic mass is 10.2. The zero-order chi connectivity index (χ0) is 20.9. The maximum absolute atomic E-state index is 12.1. The van der Waals surface area contributed by atoms with Gasteiger partial charge in [0.25, 0.3) is 0 Å². The summed E-state index contributed by atoms with van der Waals surface area (Å²) in [4.78, 5) is 16.9. The highest BCUT2D eigenvalue weighted by Gasteiger charge is 2.15. The molecule has 0 saturated carbocycles. The number of sulfonamides is 1. The fourth-order valence-corrected chi connectivity index (χ4v) is 3.75. The van der Waals surface area contributed by atoms with Gasteiger partial charge in [-0.3, -0.25) is 0 Å². The van der Waals surface area contributed by atoms with Crippen molar-refractivity contribution >= 4 is 27.4 Å². The lowest BCUT2D eigenvalue weighted by molar-refractivity contribution is 0.251. The second kappa shape index (κ2) is 9.25. The summed E-state index contributed by atoms with van der Waals surface area (Å²) in [7, 11) is -3.71. The second-order valence-electron chi connectivity index (χ2n) is 6.96. The van der Waals surface area contributed by atoms with Crippen LogP contribution in [0.15, 0.2) is 53.4 Å². The SMILES string of the molecule is CCN1CCN(c2ccc(NC(=O)NCc3ccc(S(N)(=O)=O)cc3)cc2)CC1. The van der Waals surface area contributed by atoms with Gasteiger partial charge in [-0.05, 0) is 48.5 Å². The van der Waals surface area contributed by atoms with E-state index in [-0.39, 0.29) is 17.5 Å². The van der Waals surface area contributed by atoms with Gasteiger partial charge in [-0.2, -0.15) is 0 Å². The first-order valence-electron chi connectivity index (χ1n) is 9.59. The zero-order valence-electron chi connectivity index (χ0n) is 16.5. The van der Waals surface area contributed by atoms with Crippen molar-refractivity contribution in [3.05, 3.63) is 54.1 Å². The van der Waals surface area contributed by atoms with Gasteiger partial charge in [0.1, 0.15) is 0 Å². The monoisotopic (exact) mass is 417 g/mol. The summed E-state index contributed by atoms with van der Waals surface area (Å²) in [6.07, 6.45) is 0. The standard InChI is InChI=1S/C20H27N5O3S/c1-2-24-11-13-25(14-12-24)18-7-5-17(6-8-18)23-20(26)22-15-16-3-9-19(10-4-16)29(21,27)28/h3-10H,2,11-15H2,1H3,(H2,21,27,28)(H2,22,23,26). The van der Waals surface area contributed by atoms with Gasteiger partial charge in [0.15, 0.2) is 0 Å². The van der Waals surface area contributed by atoms with Crippen LogP contribution in [-0.4, -0.2) is 52.1 Å². The lowest BCUT2D eigenvalue weighted by Gasteiger charge is -2.35. The molecule has 3 rings (SSSR count). The Bertz CT molecular complexity index is 922. The lowest BCUT2D eigenvalue weighted by Crippen LogP contribution is -2.46. The van der Waals surface area contributed by atoms with Crippen molar-refractivity contribution in [3.63, 3.8) is 0 Å². The molecule has 0 unspecified atom stereocenters. The highest BCUT2D eigenvalue weighted by atomic mass is 32.2. The Morgan fingerprint density at radius 3 is 2.17 bits per heavy atom. The minimum atomic E-state index is -3.71. The molecule has 1 fully saturated rings. The summed E-state index contributed by atoms with van der Waals surface area (Å²) in [6, 6.07) is 13.6. The molecule has 4 N–H and O–H groups in total. The minimum absolute atomic E-state index is 0.0434. The van der Waals surface area contributed by atoms with Crippen LogP contribution in [0.5, 0.6) is 0 Å². The number of nitrogens with zero attached hydrogens (tertiary/aromatic N) is 2. The van der Waals surface area contributed by atoms with E-state index in [0.717, 1.165) is 44.0 Å². The van der Waals surface area contributed by atoms with Gasteiger partial charge in [0.05, 0.1) is 4.90 Å². The fourth-order valence-electron chi connectivity index (χ4n) is 3.23. The highest BCUT2D eigenvalue weighted by molar-refractivity contribution is 7.89. The van der Waals surface area contributed by atoms with E-state index >= 15 is 0 Å². The summed E-state index contributed by atoms with van der Waals surface area (Å²) in [5.74, 6) is 0. The summed E-state index contributed by atoms with van der Waals surface area (Å²) < 4.78 is 22.5. The van der Waals surface area contributed by atoms with Gasteiger partial charge in [-0.25, -0.2) is 18.4 Å². The molecule has 156 valence electrons. The number of nitrogens with two attached hydrogens (primary N) is 1. The number of carbonyl (C=O) groups is 1. The zero-order valence-corrected chi connectivity index (χ0v) is 17.3. The van der Waals surface area contributed by atoms with Gasteiger partial charge in [-0.15, -0.1) is 0 Å². The van der Waals surface area contributed by atoms with Crippen LogP contribution >= 0.6 is 0 Å². The Kier molecular flexibility index (Phi) is 6.73. The molecule has 2 aromatic carbocycles. The van der Waals surface area contributed by atoms with E-state index in [9.17, 15) is 13.2 Å². The summed E-state index contributed by atoms with van der Waals surface area (Å²) >= 11 is 0. The number of amides is 2. The number of likely N-dealkylation sites (N-methyl/N-ethyl adjacent to an activating group) is 1. The minimum Gasteiger partial charge on any atom is -0.369 e. The van der Waals surface area contributed by atoms with E-state index < -0.39 is 10.0 Å². The number of primary sulfonamides is 1. The van der Waals surface area contributed by atoms with Gasteiger partial charge >= 0.3 is 6.03 Å². The molecule has 0 bridgehead atoms. The number of nitrogens with one attached hydrogen (secondary N) is 2. The Morgan fingerprint density at radius 2 is 1.62 bits per heavy atom. The second-order valence-corrected chi connectivity index (χ2v) is 8.53. The summed E-state index contributed by atoms with van der Waals surface area (Å²) in [5, 5.41) is 10.6. The fraction of sp³-hybridized carbons (Fsp3) is 0.350. The van der Waals surface area contributed by atoms with Gasteiger partial charge in [-0.1, -0.05) is 19.1 Å². The number of hydrogen-bond acceptors (Lipinski definition) is 5. The number of rotatable bonds is 6. The van der Waals surface area contributed by atoms with Crippen LogP contribution in [0.25, 0.3) is 0 Å². The third kappa shape index (κ3) is 5.93. The van der Waals surface area contributed by atoms with E-state index in [1.165, 1.54) is 12.1 Å². The largest absolute Gasteiger partial charge is 0.369 e. The number of anilines is 2. The third-order valence-electron chi connectivity index (χ3n) is 5.01. The van der Waals surface area contributed by atoms with Gasteiger partial charge in [0, 0.05) is 44.1 Å². The predicted octanol–water partition coefficient (Wildman–Crippen LogP) is 1.80. The molecule has 0 aliphatic carbocycles. The molecule has 8 nitrogen and oxygen atoms in total. The quantitative estimate of drug-likeness (QED) is 0.664. The van der Waals surface area contributed by atoms with Crippen molar-refractivity contribution in [1.82, 2.24) is 10.2 Å². The van der Waals surface area contributed by atoms with E-state index in [4.69, 9.17) is 5.14 Å². The molecule has 9 heteroatoms. The molecule has 0 atom stereocenters. The van der Waals surface area contributed by atoms with E-state index in [1.54, 1.807) is 12.1 Å². The van der Waals surface area contributed by atoms with E-state index in [0.29, 0.717) is 5.69 Å². The molecule has 0 spiro atoms. The van der Waals surface area contributed by atoms with Crippen LogP contribution < -0.4 is 20.7 Å². The Morgan fingerprint density at radius 1 is 1.00 bits per heavy atom. The van der Waals surface area contributed by atoms with Crippen molar-refractivity contribution in [1.29, 1.82) is 0 Å². The van der Waals surface area contributed by atoms with Crippen LogP contribution in [0.1, 0.15) is 12.5 Å². The van der Waals surface area contributed by atoms with Crippen molar-refractivity contribution in [2.75, 3.05) is 42.9 Å². The van der Waals surface area contributed by atoms with E-state index in [2.05, 4.69) is 27.4 Å². The maximum atomic E-state index is 12.1. The Hall–Kier alpha value is -2.62. The normalized spacial score (nSPS) is 15.2. The first-order valence-corrected chi connectivity index (χ1v) is 11.1. The van der Waals surface area contributed by atoms with Crippen LogP contribution in [0.4, 0.5) is 16.2 Å². The van der Waals surface area contributed by atoms with Crippen molar-refractivity contribution in [3.8, 4) is 0 Å². The number of benzene rings is 2. The third-order valence-corrected chi connectivity index (χ3v) is 5.94. The topological polar surface area (TPSA) is 108 Å². The first-order chi connectivity index (χ1) is 13.8. The molecular weight excluding hydrogens is 390 g/mol.